The van der Waals surface area contributed by atoms with Crippen molar-refractivity contribution in [1.82, 2.24) is 4.57 Å². The highest BCUT2D eigenvalue weighted by molar-refractivity contribution is 6.81. The van der Waals surface area contributed by atoms with Crippen LogP contribution in [-0.2, 0) is 4.74 Å². The summed E-state index contributed by atoms with van der Waals surface area (Å²) in [5, 5.41) is 1.29. The Labute approximate surface area is 82.7 Å². The first kappa shape index (κ1) is 10.8. The Kier molecular flexibility index (Phi) is 3.56. The quantitative estimate of drug-likeness (QED) is 0.645. The summed E-state index contributed by atoms with van der Waals surface area (Å²) in [6.07, 6.45) is 3.39. The molecule has 0 saturated carbocycles. The van der Waals surface area contributed by atoms with Crippen LogP contribution in [0.25, 0.3) is 0 Å². The summed E-state index contributed by atoms with van der Waals surface area (Å²) in [6.45, 7) is 12.4. The van der Waals surface area contributed by atoms with E-state index < -0.39 is 8.24 Å². The third-order valence-corrected chi connectivity index (χ3v) is 6.63. The molecular weight excluding hydrogens is 178 g/mol. The molecule has 13 heavy (non-hydrogen) atoms. The van der Waals surface area contributed by atoms with Gasteiger partial charge in [0.1, 0.15) is 0 Å². The Morgan fingerprint density at radius 1 is 1.38 bits per heavy atom. The zero-order chi connectivity index (χ0) is 9.90. The van der Waals surface area contributed by atoms with E-state index in [9.17, 15) is 0 Å². The SMILES string of the molecule is CCN(CC)[Si](C)(C)C1=CCCO1. The van der Waals surface area contributed by atoms with Gasteiger partial charge in [0.25, 0.3) is 0 Å². The van der Waals surface area contributed by atoms with Gasteiger partial charge in [-0.2, -0.15) is 0 Å². The minimum absolute atomic E-state index is 0.896. The van der Waals surface area contributed by atoms with Crippen molar-refractivity contribution in [2.75, 3.05) is 19.7 Å². The third-order valence-electron chi connectivity index (χ3n) is 2.86. The Balaban J connectivity index is 2.72. The van der Waals surface area contributed by atoms with Gasteiger partial charge >= 0.3 is 0 Å². The van der Waals surface area contributed by atoms with Crippen molar-refractivity contribution in [2.24, 2.45) is 0 Å². The minimum atomic E-state index is -1.43. The predicted molar refractivity (Wildman–Crippen MR) is 59.1 cm³/mol. The maximum Gasteiger partial charge on any atom is 0.196 e. The smallest absolute Gasteiger partial charge is 0.196 e. The van der Waals surface area contributed by atoms with Crippen molar-refractivity contribution in [3.05, 3.63) is 11.5 Å². The monoisotopic (exact) mass is 199 g/mol. The van der Waals surface area contributed by atoms with Gasteiger partial charge in [-0.15, -0.1) is 0 Å². The summed E-state index contributed by atoms with van der Waals surface area (Å²) in [5.74, 6) is 0. The first-order valence-corrected chi connectivity index (χ1v) is 8.16. The predicted octanol–water partition coefficient (Wildman–Crippen LogP) is 2.38. The van der Waals surface area contributed by atoms with Crippen LogP contribution in [0.2, 0.25) is 13.1 Å². The van der Waals surface area contributed by atoms with Crippen LogP contribution >= 0.6 is 0 Å². The average molecular weight is 199 g/mol. The number of hydrogen-bond donors (Lipinski definition) is 0. The summed E-state index contributed by atoms with van der Waals surface area (Å²) in [4.78, 5) is 0. The van der Waals surface area contributed by atoms with Gasteiger partial charge in [0.05, 0.1) is 12.0 Å². The topological polar surface area (TPSA) is 12.5 Å². The number of nitrogens with zero attached hydrogens (tertiary/aromatic N) is 1. The van der Waals surface area contributed by atoms with Crippen LogP contribution in [0.15, 0.2) is 11.5 Å². The molecule has 0 saturated heterocycles. The van der Waals surface area contributed by atoms with Crippen molar-refractivity contribution in [2.45, 2.75) is 33.4 Å². The maximum absolute atomic E-state index is 5.68. The van der Waals surface area contributed by atoms with Crippen molar-refractivity contribution < 1.29 is 4.74 Å². The number of hydrogen-bond acceptors (Lipinski definition) is 2. The largest absolute Gasteiger partial charge is 0.501 e. The molecule has 0 amide bonds. The van der Waals surface area contributed by atoms with E-state index in [1.807, 2.05) is 0 Å². The molecule has 3 heteroatoms. The fourth-order valence-electron chi connectivity index (χ4n) is 2.01. The molecule has 0 aromatic carbocycles. The van der Waals surface area contributed by atoms with E-state index in [1.165, 1.54) is 5.38 Å². The summed E-state index contributed by atoms with van der Waals surface area (Å²) >= 11 is 0. The average Bonchev–Trinajstić information content (AvgIpc) is 2.58. The summed E-state index contributed by atoms with van der Waals surface area (Å²) < 4.78 is 8.24. The fourth-order valence-corrected chi connectivity index (χ4v) is 5.01. The van der Waals surface area contributed by atoms with Gasteiger partial charge in [0.2, 0.25) is 0 Å². The van der Waals surface area contributed by atoms with Gasteiger partial charge in [0, 0.05) is 6.42 Å². The van der Waals surface area contributed by atoms with Gasteiger partial charge in [0.15, 0.2) is 8.24 Å². The first-order chi connectivity index (χ1) is 6.12. The molecule has 0 aromatic heterocycles. The van der Waals surface area contributed by atoms with E-state index in [0.717, 1.165) is 26.1 Å². The van der Waals surface area contributed by atoms with Crippen molar-refractivity contribution >= 4 is 8.24 Å². The van der Waals surface area contributed by atoms with E-state index in [-0.39, 0.29) is 0 Å². The Bertz CT molecular complexity index is 197. The molecule has 0 aromatic rings. The molecule has 0 aliphatic carbocycles. The second-order valence-electron chi connectivity index (χ2n) is 3.94. The molecule has 2 nitrogen and oxygen atoms in total. The van der Waals surface area contributed by atoms with Crippen LogP contribution in [-0.4, -0.2) is 32.5 Å². The Morgan fingerprint density at radius 2 is 2.00 bits per heavy atom. The normalized spacial score (nSPS) is 17.5. The van der Waals surface area contributed by atoms with Crippen LogP contribution in [0, 0.1) is 0 Å². The van der Waals surface area contributed by atoms with E-state index in [1.54, 1.807) is 0 Å². The highest BCUT2D eigenvalue weighted by Crippen LogP contribution is 2.24. The molecule has 0 atom stereocenters. The van der Waals surface area contributed by atoms with Crippen LogP contribution in [0.5, 0.6) is 0 Å². The summed E-state index contributed by atoms with van der Waals surface area (Å²) in [7, 11) is -1.43. The highest BCUT2D eigenvalue weighted by atomic mass is 28.3. The molecule has 1 heterocycles. The van der Waals surface area contributed by atoms with Crippen molar-refractivity contribution in [3.8, 4) is 0 Å². The number of ether oxygens (including phenoxy) is 1. The number of rotatable bonds is 4. The van der Waals surface area contributed by atoms with Crippen LogP contribution in [0.3, 0.4) is 0 Å². The molecule has 0 bridgehead atoms. The molecule has 0 N–H and O–H groups in total. The first-order valence-electron chi connectivity index (χ1n) is 5.21. The highest BCUT2D eigenvalue weighted by Gasteiger charge is 2.34. The van der Waals surface area contributed by atoms with Gasteiger partial charge in [-0.05, 0) is 32.3 Å². The van der Waals surface area contributed by atoms with Gasteiger partial charge in [-0.1, -0.05) is 13.8 Å². The standard InChI is InChI=1S/C10H21NOSi/c1-5-11(6-2)13(3,4)10-8-7-9-12-10/h8H,5-7,9H2,1-4H3. The Morgan fingerprint density at radius 3 is 2.38 bits per heavy atom. The van der Waals surface area contributed by atoms with Crippen LogP contribution < -0.4 is 0 Å². The molecule has 0 fully saturated rings. The molecule has 0 unspecified atom stereocenters. The Hall–Kier alpha value is -0.283. The molecule has 0 radical (unpaired) electrons. The molecule has 1 rings (SSSR count). The zero-order valence-electron chi connectivity index (χ0n) is 9.26. The minimum Gasteiger partial charge on any atom is -0.501 e. The van der Waals surface area contributed by atoms with Crippen LogP contribution in [0.1, 0.15) is 20.3 Å². The van der Waals surface area contributed by atoms with E-state index in [2.05, 4.69) is 37.6 Å². The van der Waals surface area contributed by atoms with E-state index >= 15 is 0 Å². The summed E-state index contributed by atoms with van der Waals surface area (Å²) in [5.41, 5.74) is 0. The molecule has 1 aliphatic rings. The maximum atomic E-state index is 5.68. The molecular formula is C10H21NOSi. The van der Waals surface area contributed by atoms with Crippen LogP contribution in [0.4, 0.5) is 0 Å². The second kappa shape index (κ2) is 4.29. The third kappa shape index (κ3) is 2.14. The summed E-state index contributed by atoms with van der Waals surface area (Å²) in [6, 6.07) is 0. The lowest BCUT2D eigenvalue weighted by Crippen LogP contribution is -2.50. The van der Waals surface area contributed by atoms with Gasteiger partial charge in [-0.3, -0.25) is 0 Å². The van der Waals surface area contributed by atoms with Crippen molar-refractivity contribution in [3.63, 3.8) is 0 Å². The fraction of sp³-hybridized carbons (Fsp3) is 0.800. The van der Waals surface area contributed by atoms with Gasteiger partial charge in [-0.25, -0.2) is 0 Å². The molecule has 1 aliphatic heterocycles. The van der Waals surface area contributed by atoms with Gasteiger partial charge < -0.3 is 9.30 Å². The molecule has 0 spiro atoms. The van der Waals surface area contributed by atoms with E-state index in [4.69, 9.17) is 4.74 Å². The second-order valence-corrected chi connectivity index (χ2v) is 8.18. The lowest BCUT2D eigenvalue weighted by atomic mass is 10.5. The van der Waals surface area contributed by atoms with E-state index in [0.29, 0.717) is 0 Å². The van der Waals surface area contributed by atoms with Crippen molar-refractivity contribution in [1.29, 1.82) is 0 Å². The lowest BCUT2D eigenvalue weighted by molar-refractivity contribution is 0.256. The lowest BCUT2D eigenvalue weighted by Gasteiger charge is -2.35. The zero-order valence-corrected chi connectivity index (χ0v) is 10.3. The molecule has 76 valence electrons.